The molecule has 1 amide bonds. The van der Waals surface area contributed by atoms with Crippen molar-refractivity contribution in [3.63, 3.8) is 0 Å². The minimum atomic E-state index is -0.398. The smallest absolute Gasteiger partial charge is 0.275 e. The number of anilines is 2. The molecular weight excluding hydrogens is 363 g/mol. The fourth-order valence-corrected chi connectivity index (χ4v) is 2.44. The Hall–Kier alpha value is -3.68. The highest BCUT2D eigenvalue weighted by Crippen LogP contribution is 2.29. The van der Waals surface area contributed by atoms with Gasteiger partial charge in [0.2, 0.25) is 0 Å². The van der Waals surface area contributed by atoms with Gasteiger partial charge >= 0.3 is 0 Å². The molecule has 7 nitrogen and oxygen atoms in total. The Morgan fingerprint density at radius 3 is 2.39 bits per heavy atom. The molecule has 0 unspecified atom stereocenters. The van der Waals surface area contributed by atoms with E-state index in [4.69, 9.17) is 9.47 Å². The lowest BCUT2D eigenvalue weighted by molar-refractivity contribution is 0.102. The fourth-order valence-electron chi connectivity index (χ4n) is 2.44. The van der Waals surface area contributed by atoms with E-state index >= 15 is 0 Å². The molecule has 1 heterocycles. The maximum Gasteiger partial charge on any atom is 0.275 e. The van der Waals surface area contributed by atoms with Crippen LogP contribution in [0.25, 0.3) is 0 Å². The van der Waals surface area contributed by atoms with Crippen LogP contribution in [0.2, 0.25) is 0 Å². The maximum atomic E-state index is 12.9. The van der Waals surface area contributed by atoms with Crippen molar-refractivity contribution in [2.45, 2.75) is 6.54 Å². The number of halogens is 1. The van der Waals surface area contributed by atoms with Gasteiger partial charge in [-0.15, -0.1) is 0 Å². The van der Waals surface area contributed by atoms with Crippen LogP contribution in [0.4, 0.5) is 15.9 Å². The summed E-state index contributed by atoms with van der Waals surface area (Å²) >= 11 is 0. The Balaban J connectivity index is 1.61. The van der Waals surface area contributed by atoms with Crippen molar-refractivity contribution in [1.29, 1.82) is 0 Å². The van der Waals surface area contributed by atoms with Gasteiger partial charge in [-0.3, -0.25) is 4.79 Å². The molecule has 2 aromatic carbocycles. The third-order valence-corrected chi connectivity index (χ3v) is 3.91. The van der Waals surface area contributed by atoms with Crippen LogP contribution in [0.1, 0.15) is 16.1 Å². The summed E-state index contributed by atoms with van der Waals surface area (Å²) in [4.78, 5) is 20.7. The van der Waals surface area contributed by atoms with Gasteiger partial charge in [0.25, 0.3) is 5.91 Å². The summed E-state index contributed by atoms with van der Waals surface area (Å²) in [6.45, 7) is 0.464. The molecule has 0 aliphatic rings. The van der Waals surface area contributed by atoms with E-state index in [-0.39, 0.29) is 11.5 Å². The minimum Gasteiger partial charge on any atom is -0.493 e. The van der Waals surface area contributed by atoms with Crippen LogP contribution in [-0.4, -0.2) is 30.1 Å². The number of methoxy groups -OCH3 is 2. The quantitative estimate of drug-likeness (QED) is 0.651. The van der Waals surface area contributed by atoms with Gasteiger partial charge in [0.05, 0.1) is 26.6 Å². The average Bonchev–Trinajstić information content (AvgIpc) is 2.73. The molecule has 3 aromatic rings. The summed E-state index contributed by atoms with van der Waals surface area (Å²) in [5.74, 6) is 0.897. The number of benzene rings is 2. The van der Waals surface area contributed by atoms with Gasteiger partial charge in [0, 0.05) is 18.3 Å². The highest BCUT2D eigenvalue weighted by atomic mass is 19.1. The van der Waals surface area contributed by atoms with Crippen molar-refractivity contribution in [3.05, 3.63) is 71.9 Å². The SMILES string of the molecule is COc1ccc(NC(=O)c2cnc(NCc3ccc(F)cc3)cn2)cc1OC. The summed E-state index contributed by atoms with van der Waals surface area (Å²) in [5.41, 5.74) is 1.61. The van der Waals surface area contributed by atoms with E-state index in [1.807, 2.05) is 0 Å². The second-order valence-electron chi connectivity index (χ2n) is 5.79. The van der Waals surface area contributed by atoms with E-state index in [0.29, 0.717) is 29.5 Å². The first-order valence-corrected chi connectivity index (χ1v) is 8.43. The topological polar surface area (TPSA) is 85.4 Å². The van der Waals surface area contributed by atoms with Crippen LogP contribution in [0.15, 0.2) is 54.9 Å². The van der Waals surface area contributed by atoms with Crippen molar-refractivity contribution in [1.82, 2.24) is 9.97 Å². The van der Waals surface area contributed by atoms with E-state index < -0.39 is 5.91 Å². The highest BCUT2D eigenvalue weighted by Gasteiger charge is 2.11. The standard InChI is InChI=1S/C20H19FN4O3/c1-27-17-8-7-15(9-18(17)28-2)25-20(26)16-11-24-19(12-22-16)23-10-13-3-5-14(21)6-4-13/h3-9,11-12H,10H2,1-2H3,(H,23,24)(H,25,26). The molecule has 0 aliphatic carbocycles. The predicted octanol–water partition coefficient (Wildman–Crippen LogP) is 3.50. The van der Waals surface area contributed by atoms with Crippen LogP contribution in [0.3, 0.4) is 0 Å². The van der Waals surface area contributed by atoms with Gasteiger partial charge in [0.15, 0.2) is 11.5 Å². The van der Waals surface area contributed by atoms with Gasteiger partial charge < -0.3 is 20.1 Å². The van der Waals surface area contributed by atoms with E-state index in [1.54, 1.807) is 30.3 Å². The molecule has 1 aromatic heterocycles. The molecule has 0 bridgehead atoms. The summed E-state index contributed by atoms with van der Waals surface area (Å²) in [5, 5.41) is 5.80. The Kier molecular flexibility index (Phi) is 6.01. The first kappa shape index (κ1) is 19.1. The summed E-state index contributed by atoms with van der Waals surface area (Å²) in [7, 11) is 3.06. The second-order valence-corrected chi connectivity index (χ2v) is 5.79. The number of hydrogen-bond acceptors (Lipinski definition) is 6. The zero-order chi connectivity index (χ0) is 19.9. The molecule has 28 heavy (non-hydrogen) atoms. The van der Waals surface area contributed by atoms with E-state index in [1.165, 1.54) is 38.7 Å². The molecule has 0 saturated carbocycles. The molecular formula is C20H19FN4O3. The predicted molar refractivity (Wildman–Crippen MR) is 103 cm³/mol. The minimum absolute atomic E-state index is 0.169. The molecule has 0 saturated heterocycles. The number of nitrogens with zero attached hydrogens (tertiary/aromatic N) is 2. The van der Waals surface area contributed by atoms with E-state index in [2.05, 4.69) is 20.6 Å². The van der Waals surface area contributed by atoms with Gasteiger partial charge in [-0.2, -0.15) is 0 Å². The third kappa shape index (κ3) is 4.73. The lowest BCUT2D eigenvalue weighted by atomic mass is 10.2. The van der Waals surface area contributed by atoms with Crippen molar-refractivity contribution >= 4 is 17.4 Å². The number of carbonyl (C=O) groups excluding carboxylic acids is 1. The van der Waals surface area contributed by atoms with Gasteiger partial charge in [0.1, 0.15) is 17.3 Å². The fraction of sp³-hybridized carbons (Fsp3) is 0.150. The van der Waals surface area contributed by atoms with Crippen molar-refractivity contribution < 1.29 is 18.7 Å². The number of aromatic nitrogens is 2. The molecule has 0 spiro atoms. The number of hydrogen-bond donors (Lipinski definition) is 2. The van der Waals surface area contributed by atoms with E-state index in [0.717, 1.165) is 5.56 Å². The Morgan fingerprint density at radius 2 is 1.75 bits per heavy atom. The number of ether oxygens (including phenoxy) is 2. The third-order valence-electron chi connectivity index (χ3n) is 3.91. The number of amides is 1. The first-order chi connectivity index (χ1) is 13.6. The zero-order valence-corrected chi connectivity index (χ0v) is 15.4. The summed E-state index contributed by atoms with van der Waals surface area (Å²) in [6, 6.07) is 11.2. The molecule has 0 aliphatic heterocycles. The first-order valence-electron chi connectivity index (χ1n) is 8.43. The van der Waals surface area contributed by atoms with Crippen LogP contribution in [0.5, 0.6) is 11.5 Å². The van der Waals surface area contributed by atoms with E-state index in [9.17, 15) is 9.18 Å². The Bertz CT molecular complexity index is 947. The van der Waals surface area contributed by atoms with Gasteiger partial charge in [-0.1, -0.05) is 12.1 Å². The van der Waals surface area contributed by atoms with Gasteiger partial charge in [-0.05, 0) is 29.8 Å². The molecule has 8 heteroatoms. The lowest BCUT2D eigenvalue weighted by Crippen LogP contribution is -2.14. The average molecular weight is 382 g/mol. The summed E-state index contributed by atoms with van der Waals surface area (Å²) < 4.78 is 23.3. The van der Waals surface area contributed by atoms with Crippen LogP contribution in [-0.2, 0) is 6.54 Å². The molecule has 3 rings (SSSR count). The number of carbonyl (C=O) groups is 1. The van der Waals surface area contributed by atoms with Gasteiger partial charge in [-0.25, -0.2) is 14.4 Å². The molecule has 0 atom stereocenters. The molecule has 144 valence electrons. The zero-order valence-electron chi connectivity index (χ0n) is 15.4. The van der Waals surface area contributed by atoms with Crippen LogP contribution < -0.4 is 20.1 Å². The monoisotopic (exact) mass is 382 g/mol. The Labute approximate surface area is 161 Å². The number of nitrogens with one attached hydrogen (secondary N) is 2. The van der Waals surface area contributed by atoms with Crippen molar-refractivity contribution in [3.8, 4) is 11.5 Å². The van der Waals surface area contributed by atoms with Crippen LogP contribution >= 0.6 is 0 Å². The highest BCUT2D eigenvalue weighted by molar-refractivity contribution is 6.02. The second kappa shape index (κ2) is 8.81. The van der Waals surface area contributed by atoms with Crippen molar-refractivity contribution in [2.75, 3.05) is 24.9 Å². The van der Waals surface area contributed by atoms with Crippen LogP contribution in [0, 0.1) is 5.82 Å². The molecule has 0 fully saturated rings. The number of rotatable bonds is 7. The molecule has 0 radical (unpaired) electrons. The lowest BCUT2D eigenvalue weighted by Gasteiger charge is -2.10. The summed E-state index contributed by atoms with van der Waals surface area (Å²) in [6.07, 6.45) is 2.84. The molecule has 2 N–H and O–H groups in total. The largest absolute Gasteiger partial charge is 0.493 e. The van der Waals surface area contributed by atoms with Crippen molar-refractivity contribution in [2.24, 2.45) is 0 Å². The normalized spacial score (nSPS) is 10.2. The Morgan fingerprint density at radius 1 is 1.00 bits per heavy atom. The maximum absolute atomic E-state index is 12.9.